The molecule has 6 nitrogen and oxygen atoms in total. The molecule has 1 saturated heterocycles. The van der Waals surface area contributed by atoms with Crippen LogP contribution in [-0.4, -0.2) is 58.8 Å². The van der Waals surface area contributed by atoms with Gasteiger partial charge in [-0.25, -0.2) is 0 Å². The van der Waals surface area contributed by atoms with Crippen molar-refractivity contribution in [3.05, 3.63) is 53.9 Å². The molecular weight excluding hydrogens is 316 g/mol. The number of carbonyl (C=O) groups is 1. The summed E-state index contributed by atoms with van der Waals surface area (Å²) >= 11 is 0. The Morgan fingerprint density at radius 3 is 2.52 bits per heavy atom. The molecule has 1 aromatic carbocycles. The summed E-state index contributed by atoms with van der Waals surface area (Å²) in [6, 6.07) is 8.15. The van der Waals surface area contributed by atoms with Crippen LogP contribution in [0.3, 0.4) is 0 Å². The van der Waals surface area contributed by atoms with Gasteiger partial charge in [-0.2, -0.15) is 5.10 Å². The fraction of sp³-hybridized carbons (Fsp3) is 0.368. The van der Waals surface area contributed by atoms with Gasteiger partial charge in [0.05, 0.1) is 13.3 Å². The third-order valence-corrected chi connectivity index (χ3v) is 4.39. The van der Waals surface area contributed by atoms with E-state index in [0.29, 0.717) is 0 Å². The first-order valence-corrected chi connectivity index (χ1v) is 8.45. The minimum Gasteiger partial charge on any atom is -0.497 e. The highest BCUT2D eigenvalue weighted by atomic mass is 16.5. The van der Waals surface area contributed by atoms with E-state index < -0.39 is 0 Å². The van der Waals surface area contributed by atoms with Crippen LogP contribution >= 0.6 is 0 Å². The van der Waals surface area contributed by atoms with E-state index in [0.717, 1.165) is 44.0 Å². The van der Waals surface area contributed by atoms with Gasteiger partial charge in [0.15, 0.2) is 0 Å². The van der Waals surface area contributed by atoms with Crippen molar-refractivity contribution in [1.29, 1.82) is 0 Å². The van der Waals surface area contributed by atoms with Crippen molar-refractivity contribution in [2.45, 2.75) is 6.54 Å². The minimum atomic E-state index is 0.0629. The van der Waals surface area contributed by atoms with Crippen LogP contribution in [0.4, 0.5) is 0 Å². The summed E-state index contributed by atoms with van der Waals surface area (Å²) < 4.78 is 6.91. The number of amides is 1. The highest BCUT2D eigenvalue weighted by molar-refractivity contribution is 5.91. The number of carbonyl (C=O) groups excluding carboxylic acids is 1. The summed E-state index contributed by atoms with van der Waals surface area (Å²) in [7, 11) is 3.54. The lowest BCUT2D eigenvalue weighted by Gasteiger charge is -2.34. The molecule has 1 fully saturated rings. The number of piperazine rings is 1. The van der Waals surface area contributed by atoms with E-state index in [4.69, 9.17) is 4.74 Å². The molecule has 0 spiro atoms. The van der Waals surface area contributed by atoms with Gasteiger partial charge in [0.1, 0.15) is 5.75 Å². The zero-order valence-electron chi connectivity index (χ0n) is 14.8. The molecule has 25 heavy (non-hydrogen) atoms. The summed E-state index contributed by atoms with van der Waals surface area (Å²) in [5.74, 6) is 0.938. The van der Waals surface area contributed by atoms with Crippen LogP contribution in [0, 0.1) is 0 Å². The maximum atomic E-state index is 12.3. The highest BCUT2D eigenvalue weighted by Gasteiger charge is 2.19. The van der Waals surface area contributed by atoms with E-state index in [2.05, 4.69) is 22.1 Å². The van der Waals surface area contributed by atoms with Crippen molar-refractivity contribution in [3.8, 4) is 5.75 Å². The van der Waals surface area contributed by atoms with Gasteiger partial charge in [-0.05, 0) is 23.8 Å². The van der Waals surface area contributed by atoms with Crippen LogP contribution < -0.4 is 4.74 Å². The van der Waals surface area contributed by atoms with Gasteiger partial charge < -0.3 is 9.64 Å². The molecule has 132 valence electrons. The summed E-state index contributed by atoms with van der Waals surface area (Å²) in [4.78, 5) is 16.6. The van der Waals surface area contributed by atoms with E-state index >= 15 is 0 Å². The molecule has 1 aliphatic heterocycles. The predicted octanol–water partition coefficient (Wildman–Crippen LogP) is 1.79. The Kier molecular flexibility index (Phi) is 5.50. The van der Waals surface area contributed by atoms with Gasteiger partial charge in [0.2, 0.25) is 5.91 Å². The third-order valence-electron chi connectivity index (χ3n) is 4.39. The molecule has 0 radical (unpaired) electrons. The number of ether oxygens (including phenoxy) is 1. The van der Waals surface area contributed by atoms with E-state index in [1.165, 1.54) is 5.56 Å². The van der Waals surface area contributed by atoms with Gasteiger partial charge in [0, 0.05) is 57.6 Å². The molecule has 0 atom stereocenters. The Bertz CT molecular complexity index is 728. The topological polar surface area (TPSA) is 50.6 Å². The molecule has 0 bridgehead atoms. The van der Waals surface area contributed by atoms with Crippen LogP contribution in [0.15, 0.2) is 42.7 Å². The molecular formula is C19H24N4O2. The maximum absolute atomic E-state index is 12.3. The molecule has 0 aliphatic carbocycles. The fourth-order valence-electron chi connectivity index (χ4n) is 2.91. The zero-order chi connectivity index (χ0) is 17.6. The maximum Gasteiger partial charge on any atom is 0.246 e. The SMILES string of the molecule is COc1ccc(CN2CCN(C(=O)C=Cc3cnn(C)c3)CC2)cc1. The van der Waals surface area contributed by atoms with Crippen molar-refractivity contribution in [1.82, 2.24) is 19.6 Å². The Hall–Kier alpha value is -2.60. The number of aryl methyl sites for hydroxylation is 1. The third kappa shape index (κ3) is 4.70. The average molecular weight is 340 g/mol. The summed E-state index contributed by atoms with van der Waals surface area (Å²) in [6.07, 6.45) is 7.09. The summed E-state index contributed by atoms with van der Waals surface area (Å²) in [5, 5.41) is 4.09. The molecule has 6 heteroatoms. The predicted molar refractivity (Wildman–Crippen MR) is 97.1 cm³/mol. The quantitative estimate of drug-likeness (QED) is 0.779. The van der Waals surface area contributed by atoms with Gasteiger partial charge in [-0.15, -0.1) is 0 Å². The summed E-state index contributed by atoms with van der Waals surface area (Å²) in [5.41, 5.74) is 2.20. The molecule has 0 unspecified atom stereocenters. The van der Waals surface area contributed by atoms with E-state index in [-0.39, 0.29) is 5.91 Å². The second-order valence-corrected chi connectivity index (χ2v) is 6.23. The minimum absolute atomic E-state index is 0.0629. The molecule has 2 aromatic rings. The first-order valence-electron chi connectivity index (χ1n) is 8.45. The van der Waals surface area contributed by atoms with Crippen molar-refractivity contribution < 1.29 is 9.53 Å². The number of hydrogen-bond donors (Lipinski definition) is 0. The van der Waals surface area contributed by atoms with E-state index in [1.54, 1.807) is 24.1 Å². The lowest BCUT2D eigenvalue weighted by atomic mass is 10.2. The monoisotopic (exact) mass is 340 g/mol. The Morgan fingerprint density at radius 2 is 1.92 bits per heavy atom. The van der Waals surface area contributed by atoms with Crippen molar-refractivity contribution in [3.63, 3.8) is 0 Å². The average Bonchev–Trinajstić information content (AvgIpc) is 3.06. The molecule has 0 N–H and O–H groups in total. The van der Waals surface area contributed by atoms with Crippen LogP contribution in [0.25, 0.3) is 6.08 Å². The fourth-order valence-corrected chi connectivity index (χ4v) is 2.91. The van der Waals surface area contributed by atoms with E-state index in [1.807, 2.05) is 36.4 Å². The molecule has 1 amide bonds. The first-order chi connectivity index (χ1) is 12.1. The summed E-state index contributed by atoms with van der Waals surface area (Å²) in [6.45, 7) is 4.19. The largest absolute Gasteiger partial charge is 0.497 e. The molecule has 0 saturated carbocycles. The number of rotatable bonds is 5. The van der Waals surface area contributed by atoms with Gasteiger partial charge >= 0.3 is 0 Å². The first kappa shape index (κ1) is 17.2. The number of benzene rings is 1. The zero-order valence-corrected chi connectivity index (χ0v) is 14.8. The molecule has 2 heterocycles. The van der Waals surface area contributed by atoms with Crippen molar-refractivity contribution in [2.75, 3.05) is 33.3 Å². The standard InChI is InChI=1S/C19H24N4O2/c1-21-14-17(13-20-21)5-8-19(24)23-11-9-22(10-12-23)15-16-3-6-18(25-2)7-4-16/h3-8,13-14H,9-12,15H2,1-2H3. The number of aromatic nitrogens is 2. The second-order valence-electron chi connectivity index (χ2n) is 6.23. The van der Waals surface area contributed by atoms with E-state index in [9.17, 15) is 4.79 Å². The molecule has 3 rings (SSSR count). The Balaban J connectivity index is 1.47. The smallest absolute Gasteiger partial charge is 0.246 e. The van der Waals surface area contributed by atoms with Gasteiger partial charge in [0.25, 0.3) is 0 Å². The lowest BCUT2D eigenvalue weighted by molar-refractivity contribution is -0.127. The number of methoxy groups -OCH3 is 1. The van der Waals surface area contributed by atoms with Crippen molar-refractivity contribution >= 4 is 12.0 Å². The second kappa shape index (κ2) is 7.98. The van der Waals surface area contributed by atoms with Crippen LogP contribution in [-0.2, 0) is 18.4 Å². The van der Waals surface area contributed by atoms with Crippen LogP contribution in [0.1, 0.15) is 11.1 Å². The van der Waals surface area contributed by atoms with Gasteiger partial charge in [-0.3, -0.25) is 14.4 Å². The normalized spacial score (nSPS) is 15.7. The Labute approximate surface area is 148 Å². The van der Waals surface area contributed by atoms with Crippen LogP contribution in [0.5, 0.6) is 5.75 Å². The lowest BCUT2D eigenvalue weighted by Crippen LogP contribution is -2.47. The molecule has 1 aromatic heterocycles. The molecule has 1 aliphatic rings. The number of nitrogens with zero attached hydrogens (tertiary/aromatic N) is 4. The Morgan fingerprint density at radius 1 is 1.20 bits per heavy atom. The van der Waals surface area contributed by atoms with Gasteiger partial charge in [-0.1, -0.05) is 12.1 Å². The van der Waals surface area contributed by atoms with Crippen molar-refractivity contribution in [2.24, 2.45) is 7.05 Å². The number of hydrogen-bond acceptors (Lipinski definition) is 4. The van der Waals surface area contributed by atoms with Crippen LogP contribution in [0.2, 0.25) is 0 Å². The highest BCUT2D eigenvalue weighted by Crippen LogP contribution is 2.14.